The largest absolute Gasteiger partial charge is 0.0823 e. The summed E-state index contributed by atoms with van der Waals surface area (Å²) in [5.41, 5.74) is 8.00. The summed E-state index contributed by atoms with van der Waals surface area (Å²) in [4.78, 5) is 2.64. The van der Waals surface area contributed by atoms with Gasteiger partial charge in [-0.15, -0.1) is 0 Å². The molecule has 0 heterocycles. The standard InChI is InChI=1S/C11H21N3/c1-2-3-4-5-6-7-8-9-10-11-13-14-12/h10-11H,2-9H2,1H3/b11-10+. The Morgan fingerprint density at radius 1 is 1.07 bits per heavy atom. The van der Waals surface area contributed by atoms with Gasteiger partial charge in [0.25, 0.3) is 0 Å². The van der Waals surface area contributed by atoms with Crippen molar-refractivity contribution in [1.29, 1.82) is 0 Å². The molecule has 0 amide bonds. The normalized spacial score (nSPS) is 10.4. The number of hydrogen-bond donors (Lipinski definition) is 0. The van der Waals surface area contributed by atoms with Crippen LogP contribution in [0, 0.1) is 0 Å². The van der Waals surface area contributed by atoms with Crippen molar-refractivity contribution in [1.82, 2.24) is 0 Å². The number of unbranched alkanes of at least 4 members (excludes halogenated alkanes) is 7. The molecule has 0 aromatic rings. The first-order valence-corrected chi connectivity index (χ1v) is 5.61. The summed E-state index contributed by atoms with van der Waals surface area (Å²) >= 11 is 0. The lowest BCUT2D eigenvalue weighted by Crippen LogP contribution is -1.78. The smallest absolute Gasteiger partial charge is 0.00474 e. The molecule has 0 saturated heterocycles. The van der Waals surface area contributed by atoms with E-state index in [1.165, 1.54) is 51.1 Å². The molecule has 14 heavy (non-hydrogen) atoms. The van der Waals surface area contributed by atoms with Gasteiger partial charge in [0, 0.05) is 4.91 Å². The zero-order chi connectivity index (χ0) is 10.5. The minimum atomic E-state index is 1.03. The Morgan fingerprint density at radius 2 is 1.71 bits per heavy atom. The Balaban J connectivity index is 3.02. The highest BCUT2D eigenvalue weighted by molar-refractivity contribution is 4.79. The molecule has 0 aromatic carbocycles. The molecule has 0 rings (SSSR count). The van der Waals surface area contributed by atoms with Gasteiger partial charge in [0.2, 0.25) is 0 Å². The molecule has 3 heteroatoms. The van der Waals surface area contributed by atoms with Crippen LogP contribution in [0.5, 0.6) is 0 Å². The second kappa shape index (κ2) is 12.0. The quantitative estimate of drug-likeness (QED) is 0.216. The summed E-state index contributed by atoms with van der Waals surface area (Å²) in [6.45, 7) is 2.24. The van der Waals surface area contributed by atoms with Gasteiger partial charge in [-0.2, -0.15) is 0 Å². The van der Waals surface area contributed by atoms with Gasteiger partial charge in [0.1, 0.15) is 0 Å². The van der Waals surface area contributed by atoms with Gasteiger partial charge in [-0.05, 0) is 24.6 Å². The van der Waals surface area contributed by atoms with Gasteiger partial charge in [-0.1, -0.05) is 56.6 Å². The molecular weight excluding hydrogens is 174 g/mol. The maximum absolute atomic E-state index is 8.00. The van der Waals surface area contributed by atoms with E-state index in [1.54, 1.807) is 0 Å². The van der Waals surface area contributed by atoms with Crippen molar-refractivity contribution in [2.24, 2.45) is 5.11 Å². The molecule has 0 fully saturated rings. The fourth-order valence-corrected chi connectivity index (χ4v) is 1.37. The third kappa shape index (κ3) is 11.1. The van der Waals surface area contributed by atoms with Crippen molar-refractivity contribution in [2.75, 3.05) is 0 Å². The lowest BCUT2D eigenvalue weighted by Gasteiger charge is -1.98. The highest BCUT2D eigenvalue weighted by atomic mass is 15.1. The van der Waals surface area contributed by atoms with E-state index in [-0.39, 0.29) is 0 Å². The summed E-state index contributed by atoms with van der Waals surface area (Å²) in [5, 5.41) is 3.33. The molecule has 0 aliphatic heterocycles. The molecule has 0 radical (unpaired) electrons. The van der Waals surface area contributed by atoms with E-state index >= 15 is 0 Å². The van der Waals surface area contributed by atoms with Crippen LogP contribution < -0.4 is 0 Å². The van der Waals surface area contributed by atoms with E-state index < -0.39 is 0 Å². The molecular formula is C11H21N3. The average molecular weight is 195 g/mol. The van der Waals surface area contributed by atoms with Crippen LogP contribution in [0.3, 0.4) is 0 Å². The third-order valence-electron chi connectivity index (χ3n) is 2.20. The SMILES string of the molecule is CCCCCCCCC/C=C/N=[N+]=[N-]. The number of nitrogens with zero attached hydrogens (tertiary/aromatic N) is 3. The minimum absolute atomic E-state index is 1.03. The molecule has 80 valence electrons. The summed E-state index contributed by atoms with van der Waals surface area (Å²) in [7, 11) is 0. The molecule has 0 aromatic heterocycles. The number of hydrogen-bond acceptors (Lipinski definition) is 1. The fourth-order valence-electron chi connectivity index (χ4n) is 1.37. The van der Waals surface area contributed by atoms with Gasteiger partial charge in [0.05, 0.1) is 0 Å². The van der Waals surface area contributed by atoms with Gasteiger partial charge in [0.15, 0.2) is 0 Å². The Labute approximate surface area is 86.8 Å². The van der Waals surface area contributed by atoms with Crippen molar-refractivity contribution in [2.45, 2.75) is 58.3 Å². The topological polar surface area (TPSA) is 48.8 Å². The molecule has 0 aliphatic carbocycles. The van der Waals surface area contributed by atoms with Crippen molar-refractivity contribution >= 4 is 0 Å². The van der Waals surface area contributed by atoms with Crippen molar-refractivity contribution in [3.05, 3.63) is 22.7 Å². The third-order valence-corrected chi connectivity index (χ3v) is 2.20. The first-order valence-electron chi connectivity index (χ1n) is 5.61. The van der Waals surface area contributed by atoms with Crippen LogP contribution in [0.1, 0.15) is 58.3 Å². The molecule has 0 bridgehead atoms. The van der Waals surface area contributed by atoms with E-state index in [4.69, 9.17) is 5.53 Å². The molecule has 3 nitrogen and oxygen atoms in total. The minimum Gasteiger partial charge on any atom is -0.0823 e. The van der Waals surface area contributed by atoms with Crippen LogP contribution in [0.4, 0.5) is 0 Å². The van der Waals surface area contributed by atoms with Gasteiger partial charge in [-0.3, -0.25) is 0 Å². The van der Waals surface area contributed by atoms with E-state index in [0.717, 1.165) is 6.42 Å². The van der Waals surface area contributed by atoms with Crippen LogP contribution >= 0.6 is 0 Å². The second-order valence-corrected chi connectivity index (χ2v) is 3.50. The zero-order valence-corrected chi connectivity index (χ0v) is 9.15. The monoisotopic (exact) mass is 195 g/mol. The first-order chi connectivity index (χ1) is 6.91. The van der Waals surface area contributed by atoms with Crippen molar-refractivity contribution in [3.63, 3.8) is 0 Å². The van der Waals surface area contributed by atoms with Crippen LogP contribution in [-0.2, 0) is 0 Å². The molecule has 0 unspecified atom stereocenters. The maximum Gasteiger partial charge on any atom is 0.00474 e. The Hall–Kier alpha value is -0.950. The molecule has 0 spiro atoms. The number of allylic oxidation sites excluding steroid dienone is 1. The number of rotatable bonds is 9. The second-order valence-electron chi connectivity index (χ2n) is 3.50. The van der Waals surface area contributed by atoms with Crippen LogP contribution in [-0.4, -0.2) is 0 Å². The predicted molar refractivity (Wildman–Crippen MR) is 60.9 cm³/mol. The summed E-state index contributed by atoms with van der Waals surface area (Å²) in [5.74, 6) is 0. The lowest BCUT2D eigenvalue weighted by atomic mass is 10.1. The van der Waals surface area contributed by atoms with Crippen LogP contribution in [0.2, 0.25) is 0 Å². The highest BCUT2D eigenvalue weighted by Crippen LogP contribution is 2.08. The highest BCUT2D eigenvalue weighted by Gasteiger charge is 1.88. The van der Waals surface area contributed by atoms with E-state index in [2.05, 4.69) is 16.9 Å². The Bertz CT molecular complexity index is 181. The summed E-state index contributed by atoms with van der Waals surface area (Å²) in [6, 6.07) is 0. The van der Waals surface area contributed by atoms with Crippen LogP contribution in [0.15, 0.2) is 17.4 Å². The first kappa shape index (κ1) is 13.1. The van der Waals surface area contributed by atoms with E-state index in [1.807, 2.05) is 6.08 Å². The van der Waals surface area contributed by atoms with E-state index in [0.29, 0.717) is 0 Å². The van der Waals surface area contributed by atoms with Crippen LogP contribution in [0.25, 0.3) is 10.4 Å². The Morgan fingerprint density at radius 3 is 2.36 bits per heavy atom. The molecule has 0 atom stereocenters. The molecule has 0 saturated carbocycles. The maximum atomic E-state index is 8.00. The fraction of sp³-hybridized carbons (Fsp3) is 0.818. The van der Waals surface area contributed by atoms with Gasteiger partial charge in [-0.25, -0.2) is 0 Å². The Kier molecular flexibility index (Phi) is 11.2. The van der Waals surface area contributed by atoms with Crippen molar-refractivity contribution in [3.8, 4) is 0 Å². The summed E-state index contributed by atoms with van der Waals surface area (Å²) < 4.78 is 0. The number of azide groups is 1. The van der Waals surface area contributed by atoms with Gasteiger partial charge < -0.3 is 0 Å². The average Bonchev–Trinajstić information content (AvgIpc) is 2.21. The van der Waals surface area contributed by atoms with Crippen molar-refractivity contribution < 1.29 is 0 Å². The molecule has 0 aliphatic rings. The molecule has 0 N–H and O–H groups in total. The van der Waals surface area contributed by atoms with Gasteiger partial charge >= 0.3 is 0 Å². The zero-order valence-electron chi connectivity index (χ0n) is 9.15. The summed E-state index contributed by atoms with van der Waals surface area (Å²) in [6.07, 6.45) is 13.8. The van der Waals surface area contributed by atoms with E-state index in [9.17, 15) is 0 Å². The predicted octanol–water partition coefficient (Wildman–Crippen LogP) is 4.95. The lowest BCUT2D eigenvalue weighted by molar-refractivity contribution is 0.592.